The van der Waals surface area contributed by atoms with Gasteiger partial charge in [0.2, 0.25) is 11.8 Å². The highest BCUT2D eigenvalue weighted by atomic mass is 35.5. The fourth-order valence-corrected chi connectivity index (χ4v) is 3.28. The predicted molar refractivity (Wildman–Crippen MR) is 101 cm³/mol. The van der Waals surface area contributed by atoms with Crippen LogP contribution in [0.3, 0.4) is 0 Å². The number of halogens is 1. The van der Waals surface area contributed by atoms with E-state index in [9.17, 15) is 9.59 Å². The first-order chi connectivity index (χ1) is 11.9. The Morgan fingerprint density at radius 1 is 1.20 bits per heavy atom. The van der Waals surface area contributed by atoms with Gasteiger partial charge in [0.1, 0.15) is 0 Å². The summed E-state index contributed by atoms with van der Waals surface area (Å²) < 4.78 is 0. The van der Waals surface area contributed by atoms with E-state index >= 15 is 0 Å². The van der Waals surface area contributed by atoms with Gasteiger partial charge in [-0.25, -0.2) is 0 Å². The third kappa shape index (κ3) is 3.54. The minimum atomic E-state index is -0.370. The Morgan fingerprint density at radius 2 is 1.96 bits per heavy atom. The van der Waals surface area contributed by atoms with E-state index in [1.54, 1.807) is 11.0 Å². The highest BCUT2D eigenvalue weighted by molar-refractivity contribution is 6.31. The molecule has 2 amide bonds. The molecule has 1 aliphatic rings. The molecule has 25 heavy (non-hydrogen) atoms. The molecular weight excluding hydrogens is 336 g/mol. The number of aryl methyl sites for hydroxylation is 2. The molecule has 1 saturated heterocycles. The van der Waals surface area contributed by atoms with E-state index in [2.05, 4.69) is 5.32 Å². The first-order valence-corrected chi connectivity index (χ1v) is 8.68. The van der Waals surface area contributed by atoms with Gasteiger partial charge in [-0.05, 0) is 55.7 Å². The van der Waals surface area contributed by atoms with Gasteiger partial charge in [-0.1, -0.05) is 29.8 Å². The van der Waals surface area contributed by atoms with Gasteiger partial charge in [0.05, 0.1) is 5.92 Å². The average Bonchev–Trinajstić information content (AvgIpc) is 2.95. The summed E-state index contributed by atoms with van der Waals surface area (Å²) in [6.45, 7) is 6.19. The van der Waals surface area contributed by atoms with E-state index in [-0.39, 0.29) is 24.2 Å². The van der Waals surface area contributed by atoms with Crippen LogP contribution in [0, 0.1) is 26.7 Å². The fraction of sp³-hybridized carbons (Fsp3) is 0.300. The maximum absolute atomic E-state index is 12.6. The molecular formula is C20H21ClN2O2. The summed E-state index contributed by atoms with van der Waals surface area (Å²) in [5, 5.41) is 3.59. The normalized spacial score (nSPS) is 17.0. The molecule has 1 fully saturated rings. The Labute approximate surface area is 152 Å². The summed E-state index contributed by atoms with van der Waals surface area (Å²) >= 11 is 6.16. The first-order valence-electron chi connectivity index (χ1n) is 8.30. The van der Waals surface area contributed by atoms with Crippen molar-refractivity contribution in [3.05, 3.63) is 58.1 Å². The number of amides is 2. The van der Waals surface area contributed by atoms with Gasteiger partial charge >= 0.3 is 0 Å². The van der Waals surface area contributed by atoms with Crippen molar-refractivity contribution in [2.75, 3.05) is 16.8 Å². The maximum atomic E-state index is 12.6. The van der Waals surface area contributed by atoms with Gasteiger partial charge in [0, 0.05) is 29.4 Å². The van der Waals surface area contributed by atoms with Crippen molar-refractivity contribution in [3.63, 3.8) is 0 Å². The van der Waals surface area contributed by atoms with Crippen LogP contribution >= 0.6 is 11.6 Å². The second kappa shape index (κ2) is 6.89. The van der Waals surface area contributed by atoms with Gasteiger partial charge < -0.3 is 10.2 Å². The molecule has 3 rings (SSSR count). The van der Waals surface area contributed by atoms with Crippen LogP contribution in [0.5, 0.6) is 0 Å². The monoisotopic (exact) mass is 356 g/mol. The van der Waals surface area contributed by atoms with Crippen LogP contribution in [0.2, 0.25) is 5.02 Å². The molecule has 0 spiro atoms. The van der Waals surface area contributed by atoms with E-state index in [4.69, 9.17) is 11.6 Å². The Kier molecular flexibility index (Phi) is 4.82. The van der Waals surface area contributed by atoms with Gasteiger partial charge in [-0.3, -0.25) is 9.59 Å². The molecule has 0 saturated carbocycles. The molecule has 2 aromatic rings. The Morgan fingerprint density at radius 3 is 2.72 bits per heavy atom. The number of benzene rings is 2. The zero-order chi connectivity index (χ0) is 18.1. The largest absolute Gasteiger partial charge is 0.326 e. The third-order valence-corrected chi connectivity index (χ3v) is 5.09. The fourth-order valence-electron chi connectivity index (χ4n) is 3.11. The van der Waals surface area contributed by atoms with Crippen molar-refractivity contribution >= 4 is 34.8 Å². The quantitative estimate of drug-likeness (QED) is 0.893. The van der Waals surface area contributed by atoms with Crippen molar-refractivity contribution in [3.8, 4) is 0 Å². The molecule has 1 N–H and O–H groups in total. The van der Waals surface area contributed by atoms with Crippen LogP contribution in [0.25, 0.3) is 0 Å². The molecule has 1 heterocycles. The topological polar surface area (TPSA) is 49.4 Å². The van der Waals surface area contributed by atoms with Crippen LogP contribution in [0.1, 0.15) is 23.1 Å². The smallest absolute Gasteiger partial charge is 0.229 e. The summed E-state index contributed by atoms with van der Waals surface area (Å²) in [7, 11) is 0. The van der Waals surface area contributed by atoms with E-state index in [1.807, 2.05) is 51.1 Å². The average molecular weight is 357 g/mol. The zero-order valence-corrected chi connectivity index (χ0v) is 15.4. The van der Waals surface area contributed by atoms with Crippen molar-refractivity contribution < 1.29 is 9.59 Å². The van der Waals surface area contributed by atoms with Crippen LogP contribution < -0.4 is 10.2 Å². The number of carbonyl (C=O) groups is 2. The summed E-state index contributed by atoms with van der Waals surface area (Å²) in [5.41, 5.74) is 4.52. The lowest BCUT2D eigenvalue weighted by Crippen LogP contribution is -2.28. The molecule has 4 nitrogen and oxygen atoms in total. The third-order valence-electron chi connectivity index (χ3n) is 4.68. The molecule has 2 aromatic carbocycles. The first kappa shape index (κ1) is 17.5. The van der Waals surface area contributed by atoms with E-state index in [0.29, 0.717) is 11.6 Å². The van der Waals surface area contributed by atoms with Crippen LogP contribution in [0.4, 0.5) is 11.4 Å². The molecule has 0 aromatic heterocycles. The SMILES string of the molecule is Cc1ccc(C)c(NC(=O)[C@H]2CC(=O)N(c3cccc(Cl)c3C)C2)c1. The van der Waals surface area contributed by atoms with Crippen molar-refractivity contribution in [1.82, 2.24) is 0 Å². The highest BCUT2D eigenvalue weighted by Crippen LogP contribution is 2.32. The standard InChI is InChI=1S/C20H21ClN2O2/c1-12-7-8-13(2)17(9-12)22-20(25)15-10-19(24)23(11-15)18-6-4-5-16(21)14(18)3/h4-9,15H,10-11H2,1-3H3,(H,22,25)/t15-/m0/s1. The Balaban J connectivity index is 1.77. The molecule has 0 bridgehead atoms. The number of carbonyl (C=O) groups excluding carboxylic acids is 2. The number of hydrogen-bond donors (Lipinski definition) is 1. The summed E-state index contributed by atoms with van der Waals surface area (Å²) in [6.07, 6.45) is 0.211. The van der Waals surface area contributed by atoms with Gasteiger partial charge in [0.25, 0.3) is 0 Å². The second-order valence-electron chi connectivity index (χ2n) is 6.60. The van der Waals surface area contributed by atoms with Crippen LogP contribution in [-0.2, 0) is 9.59 Å². The van der Waals surface area contributed by atoms with Crippen molar-refractivity contribution in [1.29, 1.82) is 0 Å². The lowest BCUT2D eigenvalue weighted by atomic mass is 10.1. The number of nitrogens with zero attached hydrogens (tertiary/aromatic N) is 1. The minimum absolute atomic E-state index is 0.0496. The second-order valence-corrected chi connectivity index (χ2v) is 7.00. The van der Waals surface area contributed by atoms with E-state index in [1.165, 1.54) is 0 Å². The molecule has 1 atom stereocenters. The maximum Gasteiger partial charge on any atom is 0.229 e. The minimum Gasteiger partial charge on any atom is -0.326 e. The lowest BCUT2D eigenvalue weighted by molar-refractivity contribution is -0.122. The molecule has 0 aliphatic carbocycles. The van der Waals surface area contributed by atoms with Crippen LogP contribution in [-0.4, -0.2) is 18.4 Å². The molecule has 0 radical (unpaired) electrons. The molecule has 1 aliphatic heterocycles. The lowest BCUT2D eigenvalue weighted by Gasteiger charge is -2.20. The van der Waals surface area contributed by atoms with Gasteiger partial charge in [-0.15, -0.1) is 0 Å². The predicted octanol–water partition coefficient (Wildman–Crippen LogP) is 4.26. The molecule has 5 heteroatoms. The van der Waals surface area contributed by atoms with Crippen molar-refractivity contribution in [2.45, 2.75) is 27.2 Å². The summed E-state index contributed by atoms with van der Waals surface area (Å²) in [6, 6.07) is 11.4. The van der Waals surface area contributed by atoms with Gasteiger partial charge in [0.15, 0.2) is 0 Å². The van der Waals surface area contributed by atoms with E-state index < -0.39 is 0 Å². The van der Waals surface area contributed by atoms with Gasteiger partial charge in [-0.2, -0.15) is 0 Å². The summed E-state index contributed by atoms with van der Waals surface area (Å²) in [5.74, 6) is -0.540. The van der Waals surface area contributed by atoms with Crippen molar-refractivity contribution in [2.24, 2.45) is 5.92 Å². The Hall–Kier alpha value is -2.33. The number of hydrogen-bond acceptors (Lipinski definition) is 2. The summed E-state index contributed by atoms with van der Waals surface area (Å²) in [4.78, 5) is 26.7. The highest BCUT2D eigenvalue weighted by Gasteiger charge is 2.36. The molecule has 0 unspecified atom stereocenters. The van der Waals surface area contributed by atoms with E-state index in [0.717, 1.165) is 28.1 Å². The Bertz CT molecular complexity index is 848. The number of rotatable bonds is 3. The number of anilines is 2. The zero-order valence-electron chi connectivity index (χ0n) is 14.6. The molecule has 130 valence electrons. The van der Waals surface area contributed by atoms with Crippen LogP contribution in [0.15, 0.2) is 36.4 Å². The number of nitrogens with one attached hydrogen (secondary N) is 1.